The van der Waals surface area contributed by atoms with E-state index in [9.17, 15) is 0 Å². The summed E-state index contributed by atoms with van der Waals surface area (Å²) in [4.78, 5) is 9.27. The van der Waals surface area contributed by atoms with Crippen molar-refractivity contribution in [1.29, 1.82) is 0 Å². The molecule has 0 spiro atoms. The van der Waals surface area contributed by atoms with Crippen molar-refractivity contribution in [2.45, 2.75) is 51.6 Å². The molecule has 122 valence electrons. The number of halogens is 1. The fourth-order valence-corrected chi connectivity index (χ4v) is 2.58. The summed E-state index contributed by atoms with van der Waals surface area (Å²) in [7, 11) is 0. The third-order valence-corrected chi connectivity index (χ3v) is 4.33. The lowest BCUT2D eigenvalue weighted by molar-refractivity contribution is 0.750. The van der Waals surface area contributed by atoms with Crippen molar-refractivity contribution in [2.24, 2.45) is 0 Å². The van der Waals surface area contributed by atoms with Gasteiger partial charge in [-0.3, -0.25) is 0 Å². The van der Waals surface area contributed by atoms with Crippen LogP contribution < -0.4 is 10.6 Å². The van der Waals surface area contributed by atoms with E-state index in [-0.39, 0.29) is 0 Å². The number of rotatable bonds is 7. The molecule has 0 amide bonds. The first kappa shape index (κ1) is 16.1. The molecule has 1 fully saturated rings. The van der Waals surface area contributed by atoms with Crippen LogP contribution in [0.25, 0.3) is 0 Å². The largest absolute Gasteiger partial charge is 0.366 e. The standard InChI is InChI=1S/C18H23ClN4/c1-3-12(2)21-18-22-16(14-7-8-14)10-17(23-18)20-11-13-5-4-6-15(19)9-13/h4-6,9-10,12,14H,3,7-8,11H2,1-2H3,(H2,20,21,22,23)/t12-/m0/s1. The summed E-state index contributed by atoms with van der Waals surface area (Å²) < 4.78 is 0. The van der Waals surface area contributed by atoms with Crippen LogP contribution in [0.3, 0.4) is 0 Å². The zero-order valence-corrected chi connectivity index (χ0v) is 14.4. The molecule has 1 aliphatic rings. The first-order valence-electron chi connectivity index (χ1n) is 8.28. The van der Waals surface area contributed by atoms with E-state index in [4.69, 9.17) is 11.6 Å². The molecule has 1 aromatic carbocycles. The van der Waals surface area contributed by atoms with E-state index < -0.39 is 0 Å². The molecule has 1 heterocycles. The number of hydrogen-bond acceptors (Lipinski definition) is 4. The van der Waals surface area contributed by atoms with Crippen LogP contribution in [0.5, 0.6) is 0 Å². The summed E-state index contributed by atoms with van der Waals surface area (Å²) in [5.41, 5.74) is 2.28. The molecule has 5 heteroatoms. The van der Waals surface area contributed by atoms with Gasteiger partial charge in [-0.05, 0) is 43.9 Å². The van der Waals surface area contributed by atoms with E-state index >= 15 is 0 Å². The van der Waals surface area contributed by atoms with Crippen LogP contribution in [0.1, 0.15) is 50.3 Å². The van der Waals surface area contributed by atoms with Crippen molar-refractivity contribution in [2.75, 3.05) is 10.6 Å². The number of benzene rings is 1. The molecule has 3 rings (SSSR count). The number of hydrogen-bond donors (Lipinski definition) is 2. The second kappa shape index (κ2) is 7.18. The van der Waals surface area contributed by atoms with Crippen LogP contribution in [-0.4, -0.2) is 16.0 Å². The molecule has 4 nitrogen and oxygen atoms in total. The Morgan fingerprint density at radius 2 is 2.09 bits per heavy atom. The monoisotopic (exact) mass is 330 g/mol. The fraction of sp³-hybridized carbons (Fsp3) is 0.444. The Bertz CT molecular complexity index is 670. The number of nitrogens with zero attached hydrogens (tertiary/aromatic N) is 2. The third-order valence-electron chi connectivity index (χ3n) is 4.09. The van der Waals surface area contributed by atoms with E-state index in [1.807, 2.05) is 18.2 Å². The molecule has 1 aromatic heterocycles. The highest BCUT2D eigenvalue weighted by Crippen LogP contribution is 2.40. The first-order valence-corrected chi connectivity index (χ1v) is 8.65. The molecule has 0 bridgehead atoms. The highest BCUT2D eigenvalue weighted by Gasteiger charge is 2.26. The van der Waals surface area contributed by atoms with Gasteiger partial charge in [-0.15, -0.1) is 0 Å². The summed E-state index contributed by atoms with van der Waals surface area (Å²) in [6.45, 7) is 5.00. The Morgan fingerprint density at radius 1 is 1.26 bits per heavy atom. The van der Waals surface area contributed by atoms with Crippen LogP contribution >= 0.6 is 11.6 Å². The molecule has 0 radical (unpaired) electrons. The van der Waals surface area contributed by atoms with Gasteiger partial charge in [0.25, 0.3) is 0 Å². The van der Waals surface area contributed by atoms with Crippen LogP contribution in [-0.2, 0) is 6.54 Å². The van der Waals surface area contributed by atoms with Crippen LogP contribution in [0.15, 0.2) is 30.3 Å². The fourth-order valence-electron chi connectivity index (χ4n) is 2.37. The molecule has 1 atom stereocenters. The molecule has 0 unspecified atom stereocenters. The Hall–Kier alpha value is -1.81. The molecular formula is C18H23ClN4. The minimum absolute atomic E-state index is 0.366. The lowest BCUT2D eigenvalue weighted by Crippen LogP contribution is -2.17. The lowest BCUT2D eigenvalue weighted by Gasteiger charge is -2.14. The van der Waals surface area contributed by atoms with Crippen LogP contribution in [0, 0.1) is 0 Å². The highest BCUT2D eigenvalue weighted by molar-refractivity contribution is 6.30. The van der Waals surface area contributed by atoms with Crippen molar-refractivity contribution in [1.82, 2.24) is 9.97 Å². The van der Waals surface area contributed by atoms with E-state index in [0.29, 0.717) is 18.5 Å². The molecule has 0 aliphatic heterocycles. The third kappa shape index (κ3) is 4.58. The average molecular weight is 331 g/mol. The Labute approximate surface area is 142 Å². The van der Waals surface area contributed by atoms with Gasteiger partial charge in [-0.2, -0.15) is 4.98 Å². The second-order valence-corrected chi connectivity index (χ2v) is 6.65. The summed E-state index contributed by atoms with van der Waals surface area (Å²) in [6, 6.07) is 10.3. The van der Waals surface area contributed by atoms with Crippen molar-refractivity contribution >= 4 is 23.4 Å². The summed E-state index contributed by atoms with van der Waals surface area (Å²) in [6.07, 6.45) is 3.50. The Kier molecular flexibility index (Phi) is 5.01. The molecule has 1 saturated carbocycles. The van der Waals surface area contributed by atoms with Gasteiger partial charge in [-0.25, -0.2) is 4.98 Å². The molecule has 0 saturated heterocycles. The maximum Gasteiger partial charge on any atom is 0.225 e. The van der Waals surface area contributed by atoms with Crippen molar-refractivity contribution in [3.05, 3.63) is 46.6 Å². The predicted octanol–water partition coefficient (Wildman–Crippen LogP) is 4.83. The second-order valence-electron chi connectivity index (χ2n) is 6.21. The molecular weight excluding hydrogens is 308 g/mol. The number of anilines is 2. The maximum absolute atomic E-state index is 6.04. The maximum atomic E-state index is 6.04. The summed E-state index contributed by atoms with van der Waals surface area (Å²) >= 11 is 6.04. The topological polar surface area (TPSA) is 49.8 Å². The van der Waals surface area contributed by atoms with Crippen molar-refractivity contribution in [3.63, 3.8) is 0 Å². The minimum atomic E-state index is 0.366. The molecule has 23 heavy (non-hydrogen) atoms. The van der Waals surface area contributed by atoms with Crippen molar-refractivity contribution in [3.8, 4) is 0 Å². The van der Waals surface area contributed by atoms with Gasteiger partial charge >= 0.3 is 0 Å². The first-order chi connectivity index (χ1) is 11.1. The zero-order valence-electron chi connectivity index (χ0n) is 13.6. The van der Waals surface area contributed by atoms with E-state index in [0.717, 1.165) is 34.5 Å². The molecule has 2 aromatic rings. The van der Waals surface area contributed by atoms with Crippen LogP contribution in [0.4, 0.5) is 11.8 Å². The van der Waals surface area contributed by atoms with Gasteiger partial charge in [0.15, 0.2) is 0 Å². The van der Waals surface area contributed by atoms with Gasteiger partial charge in [0.05, 0.1) is 5.69 Å². The van der Waals surface area contributed by atoms with Gasteiger partial charge in [0, 0.05) is 29.6 Å². The van der Waals surface area contributed by atoms with Gasteiger partial charge in [0.1, 0.15) is 5.82 Å². The smallest absolute Gasteiger partial charge is 0.225 e. The summed E-state index contributed by atoms with van der Waals surface area (Å²) in [5.74, 6) is 2.19. The SMILES string of the molecule is CC[C@H](C)Nc1nc(NCc2cccc(Cl)c2)cc(C2CC2)n1. The average Bonchev–Trinajstić information content (AvgIpc) is 3.37. The Morgan fingerprint density at radius 3 is 2.78 bits per heavy atom. The molecule has 2 N–H and O–H groups in total. The van der Waals surface area contributed by atoms with E-state index in [1.165, 1.54) is 12.8 Å². The van der Waals surface area contributed by atoms with Crippen LogP contribution in [0.2, 0.25) is 5.02 Å². The normalized spacial score (nSPS) is 15.3. The highest BCUT2D eigenvalue weighted by atomic mass is 35.5. The zero-order chi connectivity index (χ0) is 16.2. The predicted molar refractivity (Wildman–Crippen MR) is 96.2 cm³/mol. The summed E-state index contributed by atoms with van der Waals surface area (Å²) in [5, 5.41) is 7.53. The lowest BCUT2D eigenvalue weighted by atomic mass is 10.2. The van der Waals surface area contributed by atoms with E-state index in [2.05, 4.69) is 46.6 Å². The van der Waals surface area contributed by atoms with Gasteiger partial charge < -0.3 is 10.6 Å². The molecule has 1 aliphatic carbocycles. The Balaban J connectivity index is 1.74. The van der Waals surface area contributed by atoms with E-state index in [1.54, 1.807) is 0 Å². The number of nitrogens with one attached hydrogen (secondary N) is 2. The minimum Gasteiger partial charge on any atom is -0.366 e. The quantitative estimate of drug-likeness (QED) is 0.763. The van der Waals surface area contributed by atoms with Crippen molar-refractivity contribution < 1.29 is 0 Å². The van der Waals surface area contributed by atoms with Gasteiger partial charge in [-0.1, -0.05) is 30.7 Å². The van der Waals surface area contributed by atoms with Gasteiger partial charge in [0.2, 0.25) is 5.95 Å². The number of aromatic nitrogens is 2.